The first-order valence-corrected chi connectivity index (χ1v) is 6.81. The number of aromatic hydroxyl groups is 1. The van der Waals surface area contributed by atoms with Gasteiger partial charge in [0, 0.05) is 17.0 Å². The molecular weight excluding hydrogens is 298 g/mol. The van der Waals surface area contributed by atoms with Crippen LogP contribution in [0.5, 0.6) is 17.2 Å². The summed E-state index contributed by atoms with van der Waals surface area (Å²) >= 11 is 0. The highest BCUT2D eigenvalue weighted by Gasteiger charge is 2.17. The predicted octanol–water partition coefficient (Wildman–Crippen LogP) is 2.90. The van der Waals surface area contributed by atoms with Gasteiger partial charge in [0.05, 0.1) is 0 Å². The highest BCUT2D eigenvalue weighted by Crippen LogP contribution is 2.33. The zero-order chi connectivity index (χ0) is 16.2. The Morgan fingerprint density at radius 1 is 1.09 bits per heavy atom. The molecule has 0 aliphatic rings. The lowest BCUT2D eigenvalue weighted by molar-refractivity contribution is -0.153. The molecule has 1 aromatic heterocycles. The Kier molecular flexibility index (Phi) is 4.07. The number of hydrogen-bond donors (Lipinski definition) is 2. The molecule has 1 atom stereocenters. The van der Waals surface area contributed by atoms with Crippen molar-refractivity contribution in [3.8, 4) is 17.2 Å². The van der Waals surface area contributed by atoms with E-state index >= 15 is 0 Å². The molecule has 1 heterocycles. The van der Waals surface area contributed by atoms with E-state index in [1.807, 2.05) is 30.3 Å². The number of rotatable bonds is 5. The van der Waals surface area contributed by atoms with Crippen LogP contribution in [0.4, 0.5) is 0 Å². The predicted molar refractivity (Wildman–Crippen MR) is 82.0 cm³/mol. The summed E-state index contributed by atoms with van der Waals surface area (Å²) in [5, 5.41) is 20.9. The number of fused-ring (bicyclic) bond motifs is 1. The summed E-state index contributed by atoms with van der Waals surface area (Å²) < 4.78 is 10.1. The van der Waals surface area contributed by atoms with Crippen molar-refractivity contribution in [1.29, 1.82) is 0 Å². The van der Waals surface area contributed by atoms with Gasteiger partial charge in [0.1, 0.15) is 11.5 Å². The summed E-state index contributed by atoms with van der Waals surface area (Å²) in [6, 6.07) is 14.3. The van der Waals surface area contributed by atoms with Crippen molar-refractivity contribution >= 4 is 17.2 Å². The lowest BCUT2D eigenvalue weighted by atomic mass is 10.1. The van der Waals surface area contributed by atoms with Crippen LogP contribution in [0.2, 0.25) is 0 Å². The molecule has 0 bridgehead atoms. The maximum Gasteiger partial charge on any atom is 0.295 e. The van der Waals surface area contributed by atoms with Gasteiger partial charge in [-0.3, -0.25) is 9.78 Å². The number of carbonyl (C=O) groups is 1. The van der Waals surface area contributed by atoms with Crippen molar-refractivity contribution in [3.05, 3.63) is 60.4 Å². The van der Waals surface area contributed by atoms with E-state index < -0.39 is 6.29 Å². The topological polar surface area (TPSA) is 88.9 Å². The minimum atomic E-state index is -1.61. The van der Waals surface area contributed by atoms with Crippen molar-refractivity contribution in [2.75, 3.05) is 0 Å². The first kappa shape index (κ1) is 14.8. The third-order valence-corrected chi connectivity index (χ3v) is 3.26. The molecule has 3 rings (SSSR count). The van der Waals surface area contributed by atoms with Gasteiger partial charge in [-0.05, 0) is 30.3 Å². The number of carbonyl (C=O) groups excluding carboxylic acids is 1. The van der Waals surface area contributed by atoms with Crippen molar-refractivity contribution in [2.45, 2.75) is 6.29 Å². The molecule has 0 aliphatic heterocycles. The Morgan fingerprint density at radius 2 is 1.87 bits per heavy atom. The zero-order valence-electron chi connectivity index (χ0n) is 11.9. The fourth-order valence-electron chi connectivity index (χ4n) is 2.19. The van der Waals surface area contributed by atoms with Crippen LogP contribution in [0.1, 0.15) is 12.0 Å². The minimum absolute atomic E-state index is 0.0901. The monoisotopic (exact) mass is 311 g/mol. The van der Waals surface area contributed by atoms with Crippen molar-refractivity contribution in [2.24, 2.45) is 0 Å². The number of aliphatic hydroxyl groups is 1. The fraction of sp³-hybridized carbons (Fsp3) is 0.0588. The molecule has 2 aromatic carbocycles. The molecule has 6 heteroatoms. The van der Waals surface area contributed by atoms with Gasteiger partial charge in [-0.1, -0.05) is 18.2 Å². The van der Waals surface area contributed by atoms with E-state index in [0.717, 1.165) is 0 Å². The molecule has 0 aliphatic carbocycles. The summed E-state index contributed by atoms with van der Waals surface area (Å²) in [5.41, 5.74) is -0.124. The van der Waals surface area contributed by atoms with Crippen LogP contribution in [0.15, 0.2) is 54.7 Å². The van der Waals surface area contributed by atoms with Gasteiger partial charge < -0.3 is 19.7 Å². The second-order valence-electron chi connectivity index (χ2n) is 4.74. The highest BCUT2D eigenvalue weighted by atomic mass is 16.6. The molecule has 2 N–H and O–H groups in total. The van der Waals surface area contributed by atoms with Crippen molar-refractivity contribution < 1.29 is 24.5 Å². The highest BCUT2D eigenvalue weighted by molar-refractivity contribution is 5.89. The third kappa shape index (κ3) is 3.07. The number of nitrogens with zero attached hydrogens (tertiary/aromatic N) is 1. The van der Waals surface area contributed by atoms with Gasteiger partial charge >= 0.3 is 0 Å². The molecule has 116 valence electrons. The van der Waals surface area contributed by atoms with E-state index in [9.17, 15) is 15.0 Å². The molecule has 0 radical (unpaired) electrons. The summed E-state index contributed by atoms with van der Waals surface area (Å²) in [6.07, 6.45) is -0.156. The Hall–Kier alpha value is -3.12. The number of benzene rings is 2. The SMILES string of the molecule is O=COC(O)c1ncc2cc(Oc3ccccc3)ccc2c1O. The number of aliphatic hydroxyl groups excluding tert-OH is 1. The van der Waals surface area contributed by atoms with Crippen LogP contribution in [-0.2, 0) is 9.53 Å². The second kappa shape index (κ2) is 6.33. The molecule has 0 fully saturated rings. The number of para-hydroxylation sites is 1. The lowest BCUT2D eigenvalue weighted by Crippen LogP contribution is -2.04. The molecule has 0 saturated carbocycles. The first-order chi connectivity index (χ1) is 11.2. The van der Waals surface area contributed by atoms with Crippen molar-refractivity contribution in [1.82, 2.24) is 4.98 Å². The van der Waals surface area contributed by atoms with E-state index in [-0.39, 0.29) is 17.9 Å². The fourth-order valence-corrected chi connectivity index (χ4v) is 2.19. The molecule has 6 nitrogen and oxygen atoms in total. The van der Waals surface area contributed by atoms with Crippen LogP contribution < -0.4 is 4.74 Å². The van der Waals surface area contributed by atoms with Crippen LogP contribution in [-0.4, -0.2) is 21.7 Å². The summed E-state index contributed by atoms with van der Waals surface area (Å²) in [4.78, 5) is 14.2. The molecule has 0 amide bonds. The minimum Gasteiger partial charge on any atom is -0.505 e. The normalized spacial score (nSPS) is 11.9. The molecular formula is C17H13NO5. The first-order valence-electron chi connectivity index (χ1n) is 6.81. The van der Waals surface area contributed by atoms with Gasteiger partial charge in [0.2, 0.25) is 6.29 Å². The summed E-state index contributed by atoms with van der Waals surface area (Å²) in [5.74, 6) is 1.03. The van der Waals surface area contributed by atoms with Gasteiger partial charge in [-0.25, -0.2) is 0 Å². The zero-order valence-corrected chi connectivity index (χ0v) is 11.9. The molecule has 23 heavy (non-hydrogen) atoms. The lowest BCUT2D eigenvalue weighted by Gasteiger charge is -2.12. The number of hydrogen-bond acceptors (Lipinski definition) is 6. The van der Waals surface area contributed by atoms with Crippen LogP contribution >= 0.6 is 0 Å². The number of pyridine rings is 1. The van der Waals surface area contributed by atoms with Gasteiger partial charge in [-0.2, -0.15) is 0 Å². The Labute approximate surface area is 131 Å². The average Bonchev–Trinajstić information content (AvgIpc) is 2.56. The second-order valence-corrected chi connectivity index (χ2v) is 4.74. The molecule has 3 aromatic rings. The van der Waals surface area contributed by atoms with Gasteiger partial charge in [0.15, 0.2) is 11.4 Å². The molecule has 1 unspecified atom stereocenters. The van der Waals surface area contributed by atoms with E-state index in [1.54, 1.807) is 18.2 Å². The maximum absolute atomic E-state index is 10.3. The largest absolute Gasteiger partial charge is 0.505 e. The molecule has 0 saturated heterocycles. The van der Waals surface area contributed by atoms with E-state index in [4.69, 9.17) is 4.74 Å². The third-order valence-electron chi connectivity index (χ3n) is 3.26. The number of aromatic nitrogens is 1. The van der Waals surface area contributed by atoms with Crippen LogP contribution in [0, 0.1) is 0 Å². The van der Waals surface area contributed by atoms with Gasteiger partial charge in [0.25, 0.3) is 6.47 Å². The van der Waals surface area contributed by atoms with E-state index in [2.05, 4.69) is 9.72 Å². The Balaban J connectivity index is 1.95. The smallest absolute Gasteiger partial charge is 0.295 e. The summed E-state index contributed by atoms with van der Waals surface area (Å²) in [7, 11) is 0. The maximum atomic E-state index is 10.3. The summed E-state index contributed by atoms with van der Waals surface area (Å²) in [6.45, 7) is 0.0901. The van der Waals surface area contributed by atoms with Crippen LogP contribution in [0.3, 0.4) is 0 Å². The van der Waals surface area contributed by atoms with E-state index in [1.165, 1.54) is 6.20 Å². The van der Waals surface area contributed by atoms with Gasteiger partial charge in [-0.15, -0.1) is 0 Å². The van der Waals surface area contributed by atoms with Crippen molar-refractivity contribution in [3.63, 3.8) is 0 Å². The Morgan fingerprint density at radius 3 is 2.61 bits per heavy atom. The molecule has 0 spiro atoms. The average molecular weight is 311 g/mol. The Bertz CT molecular complexity index is 835. The van der Waals surface area contributed by atoms with Crippen LogP contribution in [0.25, 0.3) is 10.8 Å². The standard InChI is InChI=1S/C17H13NO5/c19-10-22-17(21)15-16(20)14-7-6-13(8-11(14)9-18-15)23-12-4-2-1-3-5-12/h1-10,17,20-21H. The number of ether oxygens (including phenoxy) is 2. The quantitative estimate of drug-likeness (QED) is 0.556. The van der Waals surface area contributed by atoms with E-state index in [0.29, 0.717) is 22.3 Å².